The number of hydrogen-bond donors (Lipinski definition) is 1. The summed E-state index contributed by atoms with van der Waals surface area (Å²) in [5.41, 5.74) is 1.06. The highest BCUT2D eigenvalue weighted by Gasteiger charge is 2.12. The van der Waals surface area contributed by atoms with E-state index in [1.165, 1.54) is 0 Å². The lowest BCUT2D eigenvalue weighted by atomic mass is 10.0. The summed E-state index contributed by atoms with van der Waals surface area (Å²) in [5.74, 6) is -0.894. The van der Waals surface area contributed by atoms with Gasteiger partial charge in [-0.2, -0.15) is 0 Å². The van der Waals surface area contributed by atoms with E-state index in [0.717, 1.165) is 16.5 Å². The Morgan fingerprint density at radius 2 is 1.69 bits per heavy atom. The van der Waals surface area contributed by atoms with Crippen LogP contribution in [-0.4, -0.2) is 25.2 Å². The Hall–Kier alpha value is -2.03. The van der Waals surface area contributed by atoms with Gasteiger partial charge in [0, 0.05) is 14.1 Å². The number of carbonyl (C=O) groups is 1. The van der Waals surface area contributed by atoms with Crippen LogP contribution < -0.4 is 4.90 Å². The molecule has 2 aromatic carbocycles. The molecular weight excluding hydrogens is 202 g/mol. The van der Waals surface area contributed by atoms with E-state index in [-0.39, 0.29) is 0 Å². The van der Waals surface area contributed by atoms with Crippen molar-refractivity contribution in [3.8, 4) is 0 Å². The van der Waals surface area contributed by atoms with Gasteiger partial charge in [-0.3, -0.25) is 0 Å². The minimum atomic E-state index is -0.894. The van der Waals surface area contributed by atoms with Crippen molar-refractivity contribution in [1.82, 2.24) is 0 Å². The zero-order chi connectivity index (χ0) is 11.7. The van der Waals surface area contributed by atoms with Crippen LogP contribution in [0.5, 0.6) is 0 Å². The molecule has 0 aliphatic carbocycles. The van der Waals surface area contributed by atoms with Gasteiger partial charge in [-0.25, -0.2) is 4.79 Å². The standard InChI is InChI=1S/C13H13NO2/c1-14(2)12-8-10-6-4-3-5-9(10)7-11(12)13(15)16/h3-8H,1-2H3,(H,15,16). The molecule has 0 saturated carbocycles. The van der Waals surface area contributed by atoms with Crippen LogP contribution >= 0.6 is 0 Å². The number of rotatable bonds is 2. The summed E-state index contributed by atoms with van der Waals surface area (Å²) in [6.45, 7) is 0. The van der Waals surface area contributed by atoms with Gasteiger partial charge in [-0.15, -0.1) is 0 Å². The zero-order valence-electron chi connectivity index (χ0n) is 9.27. The third-order valence-electron chi connectivity index (χ3n) is 2.58. The van der Waals surface area contributed by atoms with Crippen LogP contribution in [0.15, 0.2) is 36.4 Å². The summed E-state index contributed by atoms with van der Waals surface area (Å²) in [4.78, 5) is 13.0. The van der Waals surface area contributed by atoms with Gasteiger partial charge >= 0.3 is 5.97 Å². The van der Waals surface area contributed by atoms with E-state index in [4.69, 9.17) is 5.11 Å². The predicted molar refractivity (Wildman–Crippen MR) is 65.2 cm³/mol. The molecule has 0 aliphatic heterocycles. The van der Waals surface area contributed by atoms with E-state index in [1.54, 1.807) is 6.07 Å². The fourth-order valence-electron chi connectivity index (χ4n) is 1.77. The maximum atomic E-state index is 11.1. The molecule has 0 fully saturated rings. The van der Waals surface area contributed by atoms with Crippen LogP contribution in [0.2, 0.25) is 0 Å². The van der Waals surface area contributed by atoms with Gasteiger partial charge in [0.2, 0.25) is 0 Å². The summed E-state index contributed by atoms with van der Waals surface area (Å²) in [5, 5.41) is 11.1. The molecule has 16 heavy (non-hydrogen) atoms. The number of aromatic carboxylic acids is 1. The molecule has 0 aromatic heterocycles. The SMILES string of the molecule is CN(C)c1cc2ccccc2cc1C(=O)O. The second kappa shape index (κ2) is 3.85. The lowest BCUT2D eigenvalue weighted by Gasteiger charge is -2.16. The smallest absolute Gasteiger partial charge is 0.337 e. The fraction of sp³-hybridized carbons (Fsp3) is 0.154. The van der Waals surface area contributed by atoms with Crippen molar-refractivity contribution in [2.24, 2.45) is 0 Å². The summed E-state index contributed by atoms with van der Waals surface area (Å²) < 4.78 is 0. The van der Waals surface area contributed by atoms with Crippen LogP contribution in [0, 0.1) is 0 Å². The topological polar surface area (TPSA) is 40.5 Å². The van der Waals surface area contributed by atoms with Crippen molar-refractivity contribution in [2.75, 3.05) is 19.0 Å². The van der Waals surface area contributed by atoms with Crippen molar-refractivity contribution >= 4 is 22.4 Å². The number of hydrogen-bond acceptors (Lipinski definition) is 2. The average molecular weight is 215 g/mol. The molecule has 3 heteroatoms. The summed E-state index contributed by atoms with van der Waals surface area (Å²) in [6, 6.07) is 11.4. The quantitative estimate of drug-likeness (QED) is 0.837. The average Bonchev–Trinajstić information content (AvgIpc) is 2.27. The lowest BCUT2D eigenvalue weighted by Crippen LogP contribution is -2.13. The van der Waals surface area contributed by atoms with Gasteiger partial charge in [0.1, 0.15) is 0 Å². The molecule has 0 bridgehead atoms. The zero-order valence-corrected chi connectivity index (χ0v) is 9.27. The first-order chi connectivity index (χ1) is 7.59. The number of nitrogens with zero attached hydrogens (tertiary/aromatic N) is 1. The highest BCUT2D eigenvalue weighted by Crippen LogP contribution is 2.25. The molecule has 1 N–H and O–H groups in total. The number of carboxylic acid groups (broad SMARTS) is 1. The Bertz CT molecular complexity index is 547. The van der Waals surface area contributed by atoms with Crippen LogP contribution in [0.3, 0.4) is 0 Å². The van der Waals surface area contributed by atoms with E-state index >= 15 is 0 Å². The number of benzene rings is 2. The molecule has 0 unspecified atom stereocenters. The monoisotopic (exact) mass is 215 g/mol. The minimum Gasteiger partial charge on any atom is -0.478 e. The first-order valence-electron chi connectivity index (χ1n) is 5.03. The maximum Gasteiger partial charge on any atom is 0.337 e. The molecule has 0 amide bonds. The number of anilines is 1. The maximum absolute atomic E-state index is 11.1. The Balaban J connectivity index is 2.76. The van der Waals surface area contributed by atoms with Crippen LogP contribution in [0.4, 0.5) is 5.69 Å². The van der Waals surface area contributed by atoms with Crippen LogP contribution in [0.25, 0.3) is 10.8 Å². The highest BCUT2D eigenvalue weighted by atomic mass is 16.4. The Labute approximate surface area is 93.9 Å². The number of carboxylic acids is 1. The predicted octanol–water partition coefficient (Wildman–Crippen LogP) is 2.60. The molecule has 2 rings (SSSR count). The van der Waals surface area contributed by atoms with E-state index in [9.17, 15) is 4.79 Å². The fourth-order valence-corrected chi connectivity index (χ4v) is 1.77. The van der Waals surface area contributed by atoms with Gasteiger partial charge < -0.3 is 10.0 Å². The minimum absolute atomic E-state index is 0.337. The normalized spacial score (nSPS) is 10.4. The van der Waals surface area contributed by atoms with E-state index in [2.05, 4.69) is 0 Å². The molecule has 0 saturated heterocycles. The lowest BCUT2D eigenvalue weighted by molar-refractivity contribution is 0.0698. The second-order valence-electron chi connectivity index (χ2n) is 3.92. The molecule has 0 spiro atoms. The van der Waals surface area contributed by atoms with Gasteiger partial charge in [0.25, 0.3) is 0 Å². The van der Waals surface area contributed by atoms with Crippen molar-refractivity contribution in [3.63, 3.8) is 0 Å². The molecule has 2 aromatic rings. The third kappa shape index (κ3) is 1.72. The third-order valence-corrected chi connectivity index (χ3v) is 2.58. The Morgan fingerprint density at radius 1 is 1.12 bits per heavy atom. The van der Waals surface area contributed by atoms with E-state index in [1.807, 2.05) is 49.3 Å². The second-order valence-corrected chi connectivity index (χ2v) is 3.92. The Kier molecular flexibility index (Phi) is 2.52. The molecule has 0 aliphatic rings. The van der Waals surface area contributed by atoms with Crippen LogP contribution in [0.1, 0.15) is 10.4 Å². The first kappa shape index (κ1) is 10.5. The number of fused-ring (bicyclic) bond motifs is 1. The van der Waals surface area contributed by atoms with Gasteiger partial charge in [-0.1, -0.05) is 24.3 Å². The van der Waals surface area contributed by atoms with Gasteiger partial charge in [0.05, 0.1) is 11.3 Å². The van der Waals surface area contributed by atoms with Gasteiger partial charge in [-0.05, 0) is 22.9 Å². The van der Waals surface area contributed by atoms with Crippen molar-refractivity contribution in [3.05, 3.63) is 42.0 Å². The van der Waals surface area contributed by atoms with E-state index in [0.29, 0.717) is 5.56 Å². The molecule has 82 valence electrons. The molecule has 0 radical (unpaired) electrons. The summed E-state index contributed by atoms with van der Waals surface area (Å²) in [7, 11) is 3.69. The van der Waals surface area contributed by atoms with Crippen molar-refractivity contribution < 1.29 is 9.90 Å². The highest BCUT2D eigenvalue weighted by molar-refractivity contribution is 6.01. The Morgan fingerprint density at radius 3 is 2.19 bits per heavy atom. The van der Waals surface area contributed by atoms with E-state index < -0.39 is 5.97 Å². The molecule has 3 nitrogen and oxygen atoms in total. The summed E-state index contributed by atoms with van der Waals surface area (Å²) >= 11 is 0. The molecular formula is C13H13NO2. The first-order valence-corrected chi connectivity index (χ1v) is 5.03. The van der Waals surface area contributed by atoms with Crippen molar-refractivity contribution in [2.45, 2.75) is 0 Å². The van der Waals surface area contributed by atoms with Gasteiger partial charge in [0.15, 0.2) is 0 Å². The summed E-state index contributed by atoms with van der Waals surface area (Å²) in [6.07, 6.45) is 0. The van der Waals surface area contributed by atoms with Crippen molar-refractivity contribution in [1.29, 1.82) is 0 Å². The molecule has 0 heterocycles. The largest absolute Gasteiger partial charge is 0.478 e. The van der Waals surface area contributed by atoms with Crippen LogP contribution in [-0.2, 0) is 0 Å². The molecule has 0 atom stereocenters.